The number of nitrogens with zero attached hydrogens (tertiary/aromatic N) is 1. The van der Waals surface area contributed by atoms with Crippen LogP contribution in [0.15, 0.2) is 4.99 Å². The van der Waals surface area contributed by atoms with Gasteiger partial charge in [0.2, 0.25) is 5.91 Å². The van der Waals surface area contributed by atoms with Crippen molar-refractivity contribution in [2.75, 3.05) is 26.7 Å². The van der Waals surface area contributed by atoms with Gasteiger partial charge in [-0.3, -0.25) is 9.79 Å². The molecule has 0 aliphatic carbocycles. The highest BCUT2D eigenvalue weighted by Gasteiger charge is 2.05. The first-order valence-electron chi connectivity index (χ1n) is 7.19. The molecule has 0 radical (unpaired) electrons. The molecule has 0 saturated carbocycles. The van der Waals surface area contributed by atoms with Crippen molar-refractivity contribution in [2.45, 2.75) is 40.5 Å². The van der Waals surface area contributed by atoms with Crippen molar-refractivity contribution in [3.05, 3.63) is 0 Å². The second-order valence-corrected chi connectivity index (χ2v) is 5.41. The molecule has 112 valence electrons. The lowest BCUT2D eigenvalue weighted by molar-refractivity contribution is -0.123. The lowest BCUT2D eigenvalue weighted by Gasteiger charge is -2.13. The Morgan fingerprint density at radius 3 is 2.11 bits per heavy atom. The van der Waals surface area contributed by atoms with Crippen molar-refractivity contribution in [2.24, 2.45) is 16.8 Å². The number of carbonyl (C=O) groups excluding carboxylic acids is 1. The molecule has 0 aromatic carbocycles. The highest BCUT2D eigenvalue weighted by molar-refractivity contribution is 5.80. The Balaban J connectivity index is 3.63. The number of rotatable bonds is 8. The van der Waals surface area contributed by atoms with Gasteiger partial charge in [-0.2, -0.15) is 0 Å². The minimum absolute atomic E-state index is 0.0356. The lowest BCUT2D eigenvalue weighted by atomic mass is 10.1. The average molecular weight is 270 g/mol. The van der Waals surface area contributed by atoms with Crippen LogP contribution in [-0.4, -0.2) is 38.5 Å². The molecule has 0 aliphatic heterocycles. The van der Waals surface area contributed by atoms with Gasteiger partial charge < -0.3 is 16.0 Å². The van der Waals surface area contributed by atoms with Crippen molar-refractivity contribution in [3.63, 3.8) is 0 Å². The highest BCUT2D eigenvalue weighted by atomic mass is 16.1. The summed E-state index contributed by atoms with van der Waals surface area (Å²) in [6.45, 7) is 10.5. The molecule has 5 nitrogen and oxygen atoms in total. The van der Waals surface area contributed by atoms with Gasteiger partial charge in [0.15, 0.2) is 5.96 Å². The highest BCUT2D eigenvalue weighted by Crippen LogP contribution is 2.01. The molecule has 0 spiro atoms. The molecule has 0 aromatic heterocycles. The topological polar surface area (TPSA) is 65.5 Å². The maximum Gasteiger partial charge on any atom is 0.222 e. The Bertz CT molecular complexity index is 275. The third kappa shape index (κ3) is 10.4. The van der Waals surface area contributed by atoms with E-state index in [9.17, 15) is 4.79 Å². The Kier molecular flexibility index (Phi) is 9.94. The maximum atomic E-state index is 11.3. The first-order chi connectivity index (χ1) is 8.97. The molecule has 0 rings (SSSR count). The Morgan fingerprint density at radius 2 is 1.58 bits per heavy atom. The van der Waals surface area contributed by atoms with E-state index in [4.69, 9.17) is 0 Å². The number of hydrogen-bond donors (Lipinski definition) is 3. The van der Waals surface area contributed by atoms with Gasteiger partial charge in [0.25, 0.3) is 0 Å². The predicted molar refractivity (Wildman–Crippen MR) is 81.3 cm³/mol. The molecule has 5 heteroatoms. The fourth-order valence-electron chi connectivity index (χ4n) is 1.51. The van der Waals surface area contributed by atoms with Crippen LogP contribution in [0.25, 0.3) is 0 Å². The van der Waals surface area contributed by atoms with E-state index in [1.54, 1.807) is 7.05 Å². The van der Waals surface area contributed by atoms with Crippen LogP contribution >= 0.6 is 0 Å². The normalized spacial score (nSPS) is 11.8. The average Bonchev–Trinajstić information content (AvgIpc) is 2.36. The molecule has 1 amide bonds. The molecule has 0 fully saturated rings. The van der Waals surface area contributed by atoms with Crippen molar-refractivity contribution < 1.29 is 4.79 Å². The zero-order valence-electron chi connectivity index (χ0n) is 13.0. The molecule has 0 aliphatic rings. The second-order valence-electron chi connectivity index (χ2n) is 5.41. The van der Waals surface area contributed by atoms with Crippen LogP contribution in [0.1, 0.15) is 40.5 Å². The minimum Gasteiger partial charge on any atom is -0.356 e. The zero-order chi connectivity index (χ0) is 14.7. The summed E-state index contributed by atoms with van der Waals surface area (Å²) in [5.41, 5.74) is 0. The van der Waals surface area contributed by atoms with Crippen LogP contribution in [0.4, 0.5) is 0 Å². The lowest BCUT2D eigenvalue weighted by Crippen LogP contribution is -2.42. The molecule has 0 aromatic rings. The number of amides is 1. The van der Waals surface area contributed by atoms with Crippen LogP contribution in [0.2, 0.25) is 0 Å². The Labute approximate surface area is 117 Å². The molecular weight excluding hydrogens is 240 g/mol. The minimum atomic E-state index is 0.0356. The van der Waals surface area contributed by atoms with Gasteiger partial charge in [-0.15, -0.1) is 0 Å². The standard InChI is InChI=1S/C14H30N4O/c1-11(2)7-6-8-17-14(15-5)18-10-9-16-13(19)12(3)4/h11-12H,6-10H2,1-5H3,(H,16,19)(H2,15,17,18). The van der Waals surface area contributed by atoms with E-state index in [1.165, 1.54) is 6.42 Å². The summed E-state index contributed by atoms with van der Waals surface area (Å²) in [5, 5.41) is 9.30. The smallest absolute Gasteiger partial charge is 0.222 e. The summed E-state index contributed by atoms with van der Waals surface area (Å²) in [7, 11) is 1.75. The molecule has 0 saturated heterocycles. The SMILES string of the molecule is CN=C(NCCCC(C)C)NCCNC(=O)C(C)C. The van der Waals surface area contributed by atoms with E-state index in [1.807, 2.05) is 13.8 Å². The van der Waals surface area contributed by atoms with Gasteiger partial charge in [-0.25, -0.2) is 0 Å². The largest absolute Gasteiger partial charge is 0.356 e. The monoisotopic (exact) mass is 270 g/mol. The van der Waals surface area contributed by atoms with Gasteiger partial charge in [0, 0.05) is 32.6 Å². The summed E-state index contributed by atoms with van der Waals surface area (Å²) >= 11 is 0. The molecule has 0 atom stereocenters. The number of carbonyl (C=O) groups is 1. The van der Waals surface area contributed by atoms with Crippen LogP contribution in [-0.2, 0) is 4.79 Å². The molecule has 3 N–H and O–H groups in total. The van der Waals surface area contributed by atoms with E-state index in [0.717, 1.165) is 24.8 Å². The summed E-state index contributed by atoms with van der Waals surface area (Å²) in [4.78, 5) is 15.5. The first-order valence-corrected chi connectivity index (χ1v) is 7.19. The molecule has 0 bridgehead atoms. The summed E-state index contributed by atoms with van der Waals surface area (Å²) in [6.07, 6.45) is 2.36. The van der Waals surface area contributed by atoms with Gasteiger partial charge in [-0.05, 0) is 18.8 Å². The van der Waals surface area contributed by atoms with E-state index in [2.05, 4.69) is 34.8 Å². The van der Waals surface area contributed by atoms with E-state index in [-0.39, 0.29) is 11.8 Å². The van der Waals surface area contributed by atoms with Crippen molar-refractivity contribution in [1.29, 1.82) is 0 Å². The quantitative estimate of drug-likeness (QED) is 0.354. The van der Waals surface area contributed by atoms with Crippen molar-refractivity contribution in [3.8, 4) is 0 Å². The van der Waals surface area contributed by atoms with Gasteiger partial charge >= 0.3 is 0 Å². The maximum absolute atomic E-state index is 11.3. The summed E-state index contributed by atoms with van der Waals surface area (Å²) in [6, 6.07) is 0. The zero-order valence-corrected chi connectivity index (χ0v) is 13.0. The van der Waals surface area contributed by atoms with Crippen molar-refractivity contribution >= 4 is 11.9 Å². The molecule has 19 heavy (non-hydrogen) atoms. The Hall–Kier alpha value is -1.26. The predicted octanol–water partition coefficient (Wildman–Crippen LogP) is 1.36. The molecule has 0 unspecified atom stereocenters. The molecule has 0 heterocycles. The second kappa shape index (κ2) is 10.6. The van der Waals surface area contributed by atoms with Gasteiger partial charge in [-0.1, -0.05) is 27.7 Å². The number of hydrogen-bond acceptors (Lipinski definition) is 2. The fraction of sp³-hybridized carbons (Fsp3) is 0.857. The third-order valence-electron chi connectivity index (χ3n) is 2.72. The number of aliphatic imine (C=N–C) groups is 1. The number of guanidine groups is 1. The number of nitrogens with one attached hydrogen (secondary N) is 3. The first kappa shape index (κ1) is 17.7. The van der Waals surface area contributed by atoms with E-state index < -0.39 is 0 Å². The van der Waals surface area contributed by atoms with Crippen LogP contribution in [0.3, 0.4) is 0 Å². The summed E-state index contributed by atoms with van der Waals surface area (Å²) < 4.78 is 0. The van der Waals surface area contributed by atoms with Crippen LogP contribution in [0, 0.1) is 11.8 Å². The van der Waals surface area contributed by atoms with Gasteiger partial charge in [0.1, 0.15) is 0 Å². The van der Waals surface area contributed by atoms with Crippen LogP contribution < -0.4 is 16.0 Å². The van der Waals surface area contributed by atoms with E-state index in [0.29, 0.717) is 13.1 Å². The van der Waals surface area contributed by atoms with Gasteiger partial charge in [0.05, 0.1) is 0 Å². The fourth-order valence-corrected chi connectivity index (χ4v) is 1.51. The summed E-state index contributed by atoms with van der Waals surface area (Å²) in [5.74, 6) is 1.65. The Morgan fingerprint density at radius 1 is 1.00 bits per heavy atom. The van der Waals surface area contributed by atoms with Crippen LogP contribution in [0.5, 0.6) is 0 Å². The van der Waals surface area contributed by atoms with E-state index >= 15 is 0 Å². The third-order valence-corrected chi connectivity index (χ3v) is 2.72. The van der Waals surface area contributed by atoms with Crippen molar-refractivity contribution in [1.82, 2.24) is 16.0 Å². The molecular formula is C14H30N4O.